The molecule has 128 valence electrons. The van der Waals surface area contributed by atoms with Gasteiger partial charge in [0.05, 0.1) is 0 Å². The maximum Gasteiger partial charge on any atom is 0.205 e. The van der Waals surface area contributed by atoms with Crippen molar-refractivity contribution in [3.05, 3.63) is 64.9 Å². The third-order valence-electron chi connectivity index (χ3n) is 4.90. The second-order valence-electron chi connectivity index (χ2n) is 6.74. The Bertz CT molecular complexity index is 905. The Labute approximate surface area is 148 Å². The molecule has 3 rings (SSSR count). The van der Waals surface area contributed by atoms with Crippen molar-refractivity contribution < 1.29 is 9.21 Å². The van der Waals surface area contributed by atoms with E-state index in [1.54, 1.807) is 12.2 Å². The fourth-order valence-electron chi connectivity index (χ4n) is 3.24. The minimum absolute atomic E-state index is 0.0867. The second-order valence-corrected chi connectivity index (χ2v) is 6.74. The first-order valence-electron chi connectivity index (χ1n) is 8.50. The van der Waals surface area contributed by atoms with Crippen molar-refractivity contribution in [2.75, 3.05) is 0 Å². The average Bonchev–Trinajstić information content (AvgIpc) is 3.03. The summed E-state index contributed by atoms with van der Waals surface area (Å²) >= 11 is 0. The van der Waals surface area contributed by atoms with Crippen LogP contribution in [0.3, 0.4) is 0 Å². The molecule has 0 amide bonds. The molecule has 2 heterocycles. The largest absolute Gasteiger partial charge is 0.461 e. The number of aromatic nitrogens is 1. The summed E-state index contributed by atoms with van der Waals surface area (Å²) in [6.45, 7) is 10.4. The molecule has 4 heteroatoms. The first kappa shape index (κ1) is 17.0. The molecule has 0 unspecified atom stereocenters. The number of hydrogen-bond acceptors (Lipinski definition) is 3. The monoisotopic (exact) mass is 334 g/mol. The van der Waals surface area contributed by atoms with Gasteiger partial charge in [-0.15, -0.1) is 6.58 Å². The van der Waals surface area contributed by atoms with Crippen LogP contribution in [0.4, 0.5) is 0 Å². The predicted octanol–water partition coefficient (Wildman–Crippen LogP) is 4.80. The Morgan fingerprint density at radius 3 is 2.80 bits per heavy atom. The summed E-state index contributed by atoms with van der Waals surface area (Å²) in [7, 11) is 0. The van der Waals surface area contributed by atoms with Crippen LogP contribution in [0.1, 0.15) is 52.5 Å². The highest BCUT2D eigenvalue weighted by Crippen LogP contribution is 2.47. The van der Waals surface area contributed by atoms with Crippen molar-refractivity contribution in [1.29, 1.82) is 5.26 Å². The minimum Gasteiger partial charge on any atom is -0.461 e. The van der Waals surface area contributed by atoms with Crippen LogP contribution in [0.25, 0.3) is 6.08 Å². The van der Waals surface area contributed by atoms with Gasteiger partial charge in [-0.05, 0) is 44.4 Å². The number of carbonyl (C=O) groups excluding carboxylic acids is 1. The highest BCUT2D eigenvalue weighted by atomic mass is 16.3. The van der Waals surface area contributed by atoms with Gasteiger partial charge in [0.2, 0.25) is 5.78 Å². The quantitative estimate of drug-likeness (QED) is 0.330. The predicted molar refractivity (Wildman–Crippen MR) is 97.3 cm³/mol. The molecule has 0 aromatic carbocycles. The zero-order valence-electron chi connectivity index (χ0n) is 14.9. The maximum absolute atomic E-state index is 12.8. The molecule has 0 aliphatic heterocycles. The highest BCUT2D eigenvalue weighted by molar-refractivity contribution is 6.14. The topological polar surface area (TPSA) is 58.9 Å². The summed E-state index contributed by atoms with van der Waals surface area (Å²) in [5, 5.41) is 9.46. The normalized spacial score (nSPS) is 19.5. The van der Waals surface area contributed by atoms with Crippen LogP contribution in [-0.4, -0.2) is 10.4 Å². The molecule has 2 aromatic heterocycles. The number of ketones is 1. The summed E-state index contributed by atoms with van der Waals surface area (Å²) in [6.07, 6.45) is 4.47. The molecule has 1 fully saturated rings. The van der Waals surface area contributed by atoms with E-state index < -0.39 is 0 Å². The Balaban J connectivity index is 1.89. The van der Waals surface area contributed by atoms with E-state index in [1.165, 1.54) is 0 Å². The zero-order valence-corrected chi connectivity index (χ0v) is 14.9. The number of allylic oxidation sites excluding steroid dienone is 2. The van der Waals surface area contributed by atoms with Crippen LogP contribution in [0.15, 0.2) is 40.8 Å². The van der Waals surface area contributed by atoms with Crippen molar-refractivity contribution in [1.82, 2.24) is 4.57 Å². The lowest BCUT2D eigenvalue weighted by Crippen LogP contribution is -2.05. The molecule has 0 radical (unpaired) electrons. The molecule has 0 bridgehead atoms. The Morgan fingerprint density at radius 1 is 1.48 bits per heavy atom. The fraction of sp³-hybridized carbons (Fsp3) is 0.333. The van der Waals surface area contributed by atoms with Gasteiger partial charge in [0.1, 0.15) is 23.2 Å². The van der Waals surface area contributed by atoms with Crippen molar-refractivity contribution >= 4 is 11.9 Å². The molecule has 2 atom stereocenters. The third-order valence-corrected chi connectivity index (χ3v) is 4.90. The molecule has 1 aliphatic carbocycles. The van der Waals surface area contributed by atoms with Gasteiger partial charge >= 0.3 is 0 Å². The third kappa shape index (κ3) is 3.23. The minimum atomic E-state index is -0.274. The molecule has 0 spiro atoms. The van der Waals surface area contributed by atoms with Crippen molar-refractivity contribution in [3.63, 3.8) is 0 Å². The molecule has 1 saturated carbocycles. The molecule has 0 N–H and O–H groups in total. The summed E-state index contributed by atoms with van der Waals surface area (Å²) in [4.78, 5) is 12.8. The molecule has 1 aliphatic rings. The van der Waals surface area contributed by atoms with Gasteiger partial charge in [-0.1, -0.05) is 13.0 Å². The van der Waals surface area contributed by atoms with Gasteiger partial charge in [0, 0.05) is 35.5 Å². The molecule has 0 saturated heterocycles. The molecule has 4 nitrogen and oxygen atoms in total. The lowest BCUT2D eigenvalue weighted by atomic mass is 10.0. The molecule has 25 heavy (non-hydrogen) atoms. The second kappa shape index (κ2) is 6.60. The number of Topliss-reactive ketones (excluding diaryl/α,β-unsaturated/α-hetero) is 1. The first-order chi connectivity index (χ1) is 12.0. The van der Waals surface area contributed by atoms with E-state index in [1.807, 2.05) is 42.7 Å². The van der Waals surface area contributed by atoms with Crippen LogP contribution in [-0.2, 0) is 6.54 Å². The Morgan fingerprint density at radius 2 is 2.20 bits per heavy atom. The lowest BCUT2D eigenvalue weighted by Gasteiger charge is -2.05. The standard InChI is InChI=1S/C21H22N2O2/c1-5-8-23-14(3)10-19(15(23)4)21(24)16(12-22)11-17-6-7-20(25-17)18-9-13(18)2/h5-7,10-11,13,18H,1,8-9H2,2-4H3/b16-11+/t13-,18-/m0/s1. The number of rotatable bonds is 6. The summed E-state index contributed by atoms with van der Waals surface area (Å²) in [6, 6.07) is 7.61. The van der Waals surface area contributed by atoms with Crippen molar-refractivity contribution in [2.45, 2.75) is 39.7 Å². The van der Waals surface area contributed by atoms with E-state index in [9.17, 15) is 10.1 Å². The number of aryl methyl sites for hydroxylation is 1. The van der Waals surface area contributed by atoms with Crippen molar-refractivity contribution in [3.8, 4) is 6.07 Å². The van der Waals surface area contributed by atoms with E-state index in [2.05, 4.69) is 13.5 Å². The first-order valence-corrected chi connectivity index (χ1v) is 8.50. The van der Waals surface area contributed by atoms with Crippen LogP contribution in [0.2, 0.25) is 0 Å². The van der Waals surface area contributed by atoms with E-state index in [4.69, 9.17) is 4.42 Å². The smallest absolute Gasteiger partial charge is 0.205 e. The average molecular weight is 334 g/mol. The van der Waals surface area contributed by atoms with Crippen LogP contribution >= 0.6 is 0 Å². The van der Waals surface area contributed by atoms with Gasteiger partial charge in [0.25, 0.3) is 0 Å². The summed E-state index contributed by atoms with van der Waals surface area (Å²) < 4.78 is 7.80. The SMILES string of the molecule is C=CCn1c(C)cc(C(=O)/C(C#N)=C/c2ccc([C@H]3C[C@@H]3C)o2)c1C. The van der Waals surface area contributed by atoms with Crippen LogP contribution in [0.5, 0.6) is 0 Å². The van der Waals surface area contributed by atoms with E-state index in [-0.39, 0.29) is 11.4 Å². The number of carbonyl (C=O) groups is 1. The zero-order chi connectivity index (χ0) is 18.1. The maximum atomic E-state index is 12.8. The van der Waals surface area contributed by atoms with Gasteiger partial charge in [-0.3, -0.25) is 4.79 Å². The number of nitriles is 1. The van der Waals surface area contributed by atoms with Gasteiger partial charge in [-0.25, -0.2) is 0 Å². The van der Waals surface area contributed by atoms with Crippen LogP contribution < -0.4 is 0 Å². The Kier molecular flexibility index (Phi) is 4.50. The summed E-state index contributed by atoms with van der Waals surface area (Å²) in [5.74, 6) is 2.34. The summed E-state index contributed by atoms with van der Waals surface area (Å²) in [5.41, 5.74) is 2.45. The molecule has 2 aromatic rings. The molecular formula is C21H22N2O2. The van der Waals surface area contributed by atoms with Crippen LogP contribution in [0, 0.1) is 31.1 Å². The number of hydrogen-bond donors (Lipinski definition) is 0. The van der Waals surface area contributed by atoms with Gasteiger partial charge in [-0.2, -0.15) is 5.26 Å². The van der Waals surface area contributed by atoms with Gasteiger partial charge < -0.3 is 8.98 Å². The lowest BCUT2D eigenvalue weighted by molar-refractivity contribution is 0.103. The van der Waals surface area contributed by atoms with E-state index in [0.717, 1.165) is 23.6 Å². The number of furan rings is 1. The number of nitrogens with zero attached hydrogens (tertiary/aromatic N) is 2. The van der Waals surface area contributed by atoms with E-state index >= 15 is 0 Å². The van der Waals surface area contributed by atoms with E-state index in [0.29, 0.717) is 29.7 Å². The fourth-order valence-corrected chi connectivity index (χ4v) is 3.24. The van der Waals surface area contributed by atoms with Gasteiger partial charge in [0.15, 0.2) is 0 Å². The highest BCUT2D eigenvalue weighted by Gasteiger charge is 2.36. The van der Waals surface area contributed by atoms with Crippen molar-refractivity contribution in [2.24, 2.45) is 5.92 Å². The molecular weight excluding hydrogens is 312 g/mol. The Hall–Kier alpha value is -2.80.